The van der Waals surface area contributed by atoms with Gasteiger partial charge in [0.15, 0.2) is 0 Å². The van der Waals surface area contributed by atoms with E-state index in [2.05, 4.69) is 15.3 Å². The van der Waals surface area contributed by atoms with E-state index in [0.717, 1.165) is 30.2 Å². The molecule has 1 saturated heterocycles. The minimum atomic E-state index is -0.0649. The Kier molecular flexibility index (Phi) is 5.20. The lowest BCUT2D eigenvalue weighted by molar-refractivity contribution is 0.0513. The maximum atomic E-state index is 12.6. The Labute approximate surface area is 148 Å². The van der Waals surface area contributed by atoms with Crippen molar-refractivity contribution < 1.29 is 9.53 Å². The van der Waals surface area contributed by atoms with Crippen molar-refractivity contribution in [3.63, 3.8) is 0 Å². The van der Waals surface area contributed by atoms with Crippen molar-refractivity contribution >= 4 is 5.91 Å². The normalized spacial score (nSPS) is 20.8. The van der Waals surface area contributed by atoms with Gasteiger partial charge in [-0.3, -0.25) is 4.79 Å². The Hall–Kier alpha value is -2.18. The Morgan fingerprint density at radius 1 is 1.28 bits per heavy atom. The van der Waals surface area contributed by atoms with Crippen LogP contribution in [0.25, 0.3) is 5.69 Å². The van der Waals surface area contributed by atoms with Crippen LogP contribution >= 0.6 is 0 Å². The number of likely N-dealkylation sites (tertiary alicyclic amines) is 1. The summed E-state index contributed by atoms with van der Waals surface area (Å²) in [5.41, 5.74) is 3.65. The van der Waals surface area contributed by atoms with Crippen LogP contribution in [0.3, 0.4) is 0 Å². The average molecular weight is 342 g/mol. The van der Waals surface area contributed by atoms with Gasteiger partial charge in [-0.05, 0) is 58.2 Å². The molecule has 25 heavy (non-hydrogen) atoms. The molecule has 2 atom stereocenters. The van der Waals surface area contributed by atoms with E-state index in [4.69, 9.17) is 4.74 Å². The first-order chi connectivity index (χ1) is 12.0. The molecular formula is C19H26N4O2. The third-order valence-corrected chi connectivity index (χ3v) is 4.53. The molecule has 1 aromatic heterocycles. The molecule has 2 aromatic rings. The summed E-state index contributed by atoms with van der Waals surface area (Å²) in [5.74, 6) is -0.0649. The van der Waals surface area contributed by atoms with Gasteiger partial charge in [0.05, 0.1) is 23.5 Å². The number of aryl methyl sites for hydroxylation is 2. The molecule has 0 aliphatic carbocycles. The van der Waals surface area contributed by atoms with Gasteiger partial charge in [0.25, 0.3) is 5.91 Å². The number of ether oxygens (including phenoxy) is 1. The molecular weight excluding hydrogens is 316 g/mol. The summed E-state index contributed by atoms with van der Waals surface area (Å²) in [6.07, 6.45) is 0.0490. The SMILES string of the molecule is CCO[C@@H]1CN(C)C[C@H]1NC(=O)c1ccc(-n2nc(C)cc2C)cc1. The summed E-state index contributed by atoms with van der Waals surface area (Å²) >= 11 is 0. The highest BCUT2D eigenvalue weighted by Gasteiger charge is 2.32. The van der Waals surface area contributed by atoms with Crippen LogP contribution in [0.5, 0.6) is 0 Å². The second-order valence-electron chi connectivity index (χ2n) is 6.68. The van der Waals surface area contributed by atoms with Crippen molar-refractivity contribution in [2.24, 2.45) is 0 Å². The van der Waals surface area contributed by atoms with Crippen LogP contribution in [-0.4, -0.2) is 59.5 Å². The van der Waals surface area contributed by atoms with E-state index in [0.29, 0.717) is 12.2 Å². The van der Waals surface area contributed by atoms with Crippen molar-refractivity contribution in [1.82, 2.24) is 20.0 Å². The second kappa shape index (κ2) is 7.37. The molecule has 0 saturated carbocycles. The number of aromatic nitrogens is 2. The van der Waals surface area contributed by atoms with Crippen LogP contribution in [0, 0.1) is 13.8 Å². The topological polar surface area (TPSA) is 59.4 Å². The number of carbonyl (C=O) groups is 1. The van der Waals surface area contributed by atoms with E-state index in [1.807, 2.05) is 62.8 Å². The number of nitrogens with one attached hydrogen (secondary N) is 1. The first-order valence-corrected chi connectivity index (χ1v) is 8.72. The third kappa shape index (κ3) is 3.91. The van der Waals surface area contributed by atoms with Crippen LogP contribution in [0.15, 0.2) is 30.3 Å². The Morgan fingerprint density at radius 3 is 2.60 bits per heavy atom. The molecule has 134 valence electrons. The highest BCUT2D eigenvalue weighted by molar-refractivity contribution is 5.94. The monoisotopic (exact) mass is 342 g/mol. The number of benzene rings is 1. The lowest BCUT2D eigenvalue weighted by Crippen LogP contribution is -2.43. The van der Waals surface area contributed by atoms with E-state index < -0.39 is 0 Å². The van der Waals surface area contributed by atoms with Crippen molar-refractivity contribution in [2.75, 3.05) is 26.7 Å². The molecule has 6 nitrogen and oxygen atoms in total. The summed E-state index contributed by atoms with van der Waals surface area (Å²) < 4.78 is 7.63. The van der Waals surface area contributed by atoms with Crippen LogP contribution in [0.4, 0.5) is 0 Å². The molecule has 2 heterocycles. The van der Waals surface area contributed by atoms with Gasteiger partial charge < -0.3 is 15.0 Å². The van der Waals surface area contributed by atoms with Gasteiger partial charge in [-0.25, -0.2) is 4.68 Å². The number of rotatable bonds is 5. The molecule has 0 bridgehead atoms. The predicted molar refractivity (Wildman–Crippen MR) is 97.2 cm³/mol. The molecule has 1 N–H and O–H groups in total. The van der Waals surface area contributed by atoms with Crippen molar-refractivity contribution in [2.45, 2.75) is 32.9 Å². The minimum Gasteiger partial charge on any atom is -0.375 e. The second-order valence-corrected chi connectivity index (χ2v) is 6.68. The fraction of sp³-hybridized carbons (Fsp3) is 0.474. The van der Waals surface area contributed by atoms with Crippen molar-refractivity contribution in [3.05, 3.63) is 47.3 Å². The molecule has 1 fully saturated rings. The fourth-order valence-corrected chi connectivity index (χ4v) is 3.38. The molecule has 0 radical (unpaired) electrons. The third-order valence-electron chi connectivity index (χ3n) is 4.53. The number of amides is 1. The standard InChI is InChI=1S/C19H26N4O2/c1-5-25-18-12-22(4)11-17(18)20-19(24)15-6-8-16(9-7-15)23-14(3)10-13(2)21-23/h6-10,17-18H,5,11-12H2,1-4H3,(H,20,24)/t17-,18-/m1/s1. The zero-order valence-electron chi connectivity index (χ0n) is 15.3. The van der Waals surface area contributed by atoms with Gasteiger partial charge in [0.1, 0.15) is 0 Å². The zero-order chi connectivity index (χ0) is 18.0. The van der Waals surface area contributed by atoms with Gasteiger partial charge >= 0.3 is 0 Å². The molecule has 1 aliphatic heterocycles. The van der Waals surface area contributed by atoms with E-state index >= 15 is 0 Å². The van der Waals surface area contributed by atoms with Crippen molar-refractivity contribution in [3.8, 4) is 5.69 Å². The molecule has 6 heteroatoms. The predicted octanol–water partition coefficient (Wildman–Crippen LogP) is 1.94. The van der Waals surface area contributed by atoms with Crippen molar-refractivity contribution in [1.29, 1.82) is 0 Å². The zero-order valence-corrected chi connectivity index (χ0v) is 15.3. The fourth-order valence-electron chi connectivity index (χ4n) is 3.38. The number of likely N-dealkylation sites (N-methyl/N-ethyl adjacent to an activating group) is 1. The van der Waals surface area contributed by atoms with Crippen LogP contribution in [0.2, 0.25) is 0 Å². The van der Waals surface area contributed by atoms with Crippen LogP contribution in [0.1, 0.15) is 28.7 Å². The molecule has 0 unspecified atom stereocenters. The molecule has 1 amide bonds. The lowest BCUT2D eigenvalue weighted by atomic mass is 10.1. The number of hydrogen-bond acceptors (Lipinski definition) is 4. The first-order valence-electron chi connectivity index (χ1n) is 8.72. The van der Waals surface area contributed by atoms with Gasteiger partial charge in [0.2, 0.25) is 0 Å². The molecule has 0 spiro atoms. The smallest absolute Gasteiger partial charge is 0.251 e. The average Bonchev–Trinajstić information content (AvgIpc) is 3.09. The van der Waals surface area contributed by atoms with E-state index in [1.54, 1.807) is 0 Å². The maximum absolute atomic E-state index is 12.6. The summed E-state index contributed by atoms with van der Waals surface area (Å²) in [6.45, 7) is 8.27. The van der Waals surface area contributed by atoms with E-state index in [9.17, 15) is 4.79 Å². The summed E-state index contributed by atoms with van der Waals surface area (Å²) in [4.78, 5) is 14.7. The van der Waals surface area contributed by atoms with E-state index in [-0.39, 0.29) is 18.1 Å². The maximum Gasteiger partial charge on any atom is 0.251 e. The van der Waals surface area contributed by atoms with Gasteiger partial charge in [-0.1, -0.05) is 0 Å². The van der Waals surface area contributed by atoms with Gasteiger partial charge in [-0.15, -0.1) is 0 Å². The highest BCUT2D eigenvalue weighted by Crippen LogP contribution is 2.15. The number of hydrogen-bond donors (Lipinski definition) is 1. The van der Waals surface area contributed by atoms with Gasteiger partial charge in [0, 0.05) is 31.0 Å². The molecule has 3 rings (SSSR count). The van der Waals surface area contributed by atoms with Gasteiger partial charge in [-0.2, -0.15) is 5.10 Å². The summed E-state index contributed by atoms with van der Waals surface area (Å²) in [7, 11) is 2.04. The van der Waals surface area contributed by atoms with E-state index in [1.165, 1.54) is 0 Å². The molecule has 1 aromatic carbocycles. The van der Waals surface area contributed by atoms with Crippen LogP contribution < -0.4 is 5.32 Å². The quantitative estimate of drug-likeness (QED) is 0.902. The highest BCUT2D eigenvalue weighted by atomic mass is 16.5. The summed E-state index contributed by atoms with van der Waals surface area (Å²) in [5, 5.41) is 7.58. The Balaban J connectivity index is 1.69. The van der Waals surface area contributed by atoms with Crippen LogP contribution in [-0.2, 0) is 4.74 Å². The lowest BCUT2D eigenvalue weighted by Gasteiger charge is -2.19. The minimum absolute atomic E-state index is 0.0214. The first kappa shape index (κ1) is 17.6. The summed E-state index contributed by atoms with van der Waals surface area (Å²) in [6, 6.07) is 9.59. The number of carbonyl (C=O) groups excluding carboxylic acids is 1. The Morgan fingerprint density at radius 2 is 2.00 bits per heavy atom. The largest absolute Gasteiger partial charge is 0.375 e. The molecule has 1 aliphatic rings. The number of nitrogens with zero attached hydrogens (tertiary/aromatic N) is 3. The Bertz CT molecular complexity index is 738.